The average molecular weight is 296 g/mol. The summed E-state index contributed by atoms with van der Waals surface area (Å²) in [6, 6.07) is 3.36. The van der Waals surface area contributed by atoms with Crippen LogP contribution in [-0.2, 0) is 6.54 Å². The molecule has 0 radical (unpaired) electrons. The van der Waals surface area contributed by atoms with E-state index in [4.69, 9.17) is 11.6 Å². The minimum absolute atomic E-state index is 0.0555. The first-order valence-corrected chi connectivity index (χ1v) is 6.34. The molecule has 0 amide bonds. The van der Waals surface area contributed by atoms with Crippen LogP contribution >= 0.6 is 11.6 Å². The van der Waals surface area contributed by atoms with Crippen molar-refractivity contribution in [3.63, 3.8) is 0 Å². The van der Waals surface area contributed by atoms with Gasteiger partial charge < -0.3 is 5.32 Å². The number of pyridine rings is 1. The number of halogens is 4. The fraction of sp³-hybridized carbons (Fsp3) is 0.583. The Labute approximate surface area is 115 Å². The van der Waals surface area contributed by atoms with E-state index in [9.17, 15) is 13.2 Å². The van der Waals surface area contributed by atoms with E-state index in [1.54, 1.807) is 12.1 Å². The molecule has 0 aromatic carbocycles. The Morgan fingerprint density at radius 2 is 2.05 bits per heavy atom. The van der Waals surface area contributed by atoms with Gasteiger partial charge in [-0.3, -0.25) is 4.90 Å². The van der Waals surface area contributed by atoms with Gasteiger partial charge in [-0.15, -0.1) is 0 Å². The van der Waals surface area contributed by atoms with Gasteiger partial charge in [0.05, 0.1) is 17.3 Å². The van der Waals surface area contributed by atoms with Crippen molar-refractivity contribution >= 4 is 17.4 Å². The lowest BCUT2D eigenvalue weighted by atomic mass is 10.3. The Balaban J connectivity index is 2.70. The zero-order valence-corrected chi connectivity index (χ0v) is 11.6. The zero-order valence-electron chi connectivity index (χ0n) is 10.9. The number of hydrogen-bond acceptors (Lipinski definition) is 3. The van der Waals surface area contributed by atoms with Crippen molar-refractivity contribution in [1.82, 2.24) is 9.88 Å². The molecular formula is C12H17ClF3N3. The summed E-state index contributed by atoms with van der Waals surface area (Å²) in [4.78, 5) is 5.36. The van der Waals surface area contributed by atoms with Gasteiger partial charge in [0.25, 0.3) is 0 Å². The molecule has 0 aliphatic heterocycles. The molecule has 0 spiro atoms. The highest BCUT2D eigenvalue weighted by molar-refractivity contribution is 6.31. The summed E-state index contributed by atoms with van der Waals surface area (Å²) in [5.41, 5.74) is 0.439. The van der Waals surface area contributed by atoms with Crippen LogP contribution < -0.4 is 5.32 Å². The van der Waals surface area contributed by atoms with Crippen LogP contribution in [-0.4, -0.2) is 36.2 Å². The number of nitrogens with zero attached hydrogens (tertiary/aromatic N) is 2. The molecule has 1 rings (SSSR count). The molecule has 19 heavy (non-hydrogen) atoms. The SMILES string of the molecule is CCCNc1ccc(Cl)c(CN(C)CC(F)(F)F)n1. The summed E-state index contributed by atoms with van der Waals surface area (Å²) >= 11 is 5.95. The third kappa shape index (κ3) is 6.11. The summed E-state index contributed by atoms with van der Waals surface area (Å²) < 4.78 is 36.7. The molecule has 108 valence electrons. The molecule has 0 saturated carbocycles. The fourth-order valence-corrected chi connectivity index (χ4v) is 1.73. The quantitative estimate of drug-likeness (QED) is 0.870. The van der Waals surface area contributed by atoms with E-state index in [0.717, 1.165) is 17.9 Å². The summed E-state index contributed by atoms with van der Waals surface area (Å²) in [5.74, 6) is 0.627. The topological polar surface area (TPSA) is 28.2 Å². The Kier molecular flexibility index (Phi) is 5.87. The highest BCUT2D eigenvalue weighted by Crippen LogP contribution is 2.21. The van der Waals surface area contributed by atoms with Gasteiger partial charge in [0.1, 0.15) is 5.82 Å². The first-order chi connectivity index (χ1) is 8.81. The third-order valence-corrected chi connectivity index (χ3v) is 2.69. The van der Waals surface area contributed by atoms with Crippen molar-refractivity contribution in [3.8, 4) is 0 Å². The highest BCUT2D eigenvalue weighted by Gasteiger charge is 2.29. The largest absolute Gasteiger partial charge is 0.401 e. The maximum atomic E-state index is 12.2. The molecule has 0 fully saturated rings. The van der Waals surface area contributed by atoms with E-state index in [2.05, 4.69) is 10.3 Å². The number of aromatic nitrogens is 1. The van der Waals surface area contributed by atoms with Crippen LogP contribution in [0.25, 0.3) is 0 Å². The Morgan fingerprint density at radius 3 is 2.63 bits per heavy atom. The first kappa shape index (κ1) is 16.0. The predicted octanol–water partition coefficient (Wildman–Crippen LogP) is 3.55. The Bertz CT molecular complexity index is 410. The van der Waals surface area contributed by atoms with E-state index in [-0.39, 0.29) is 6.54 Å². The minimum atomic E-state index is -4.22. The minimum Gasteiger partial charge on any atom is -0.370 e. The van der Waals surface area contributed by atoms with Crippen LogP contribution in [0.2, 0.25) is 5.02 Å². The third-order valence-electron chi connectivity index (χ3n) is 2.34. The number of hydrogen-bond donors (Lipinski definition) is 1. The molecule has 1 aromatic heterocycles. The number of alkyl halides is 3. The van der Waals surface area contributed by atoms with Crippen LogP contribution in [0, 0.1) is 0 Å². The standard InChI is InChI=1S/C12H17ClF3N3/c1-3-6-17-11-5-4-9(13)10(18-11)7-19(2)8-12(14,15)16/h4-5H,3,6-8H2,1-2H3,(H,17,18). The van der Waals surface area contributed by atoms with Crippen molar-refractivity contribution in [2.45, 2.75) is 26.1 Å². The maximum absolute atomic E-state index is 12.2. The summed E-state index contributed by atoms with van der Waals surface area (Å²) in [7, 11) is 1.39. The van der Waals surface area contributed by atoms with E-state index < -0.39 is 12.7 Å². The lowest BCUT2D eigenvalue weighted by Gasteiger charge is -2.19. The second kappa shape index (κ2) is 6.96. The van der Waals surface area contributed by atoms with Gasteiger partial charge in [-0.2, -0.15) is 13.2 Å². The van der Waals surface area contributed by atoms with Crippen molar-refractivity contribution in [1.29, 1.82) is 0 Å². The lowest BCUT2D eigenvalue weighted by Crippen LogP contribution is -2.31. The van der Waals surface area contributed by atoms with Gasteiger partial charge in [-0.25, -0.2) is 4.98 Å². The molecule has 1 heterocycles. The monoisotopic (exact) mass is 295 g/mol. The van der Waals surface area contributed by atoms with E-state index in [1.165, 1.54) is 7.05 Å². The summed E-state index contributed by atoms with van der Waals surface area (Å²) in [6.07, 6.45) is -3.28. The second-order valence-corrected chi connectivity index (χ2v) is 4.75. The molecule has 0 unspecified atom stereocenters. The normalized spacial score (nSPS) is 11.9. The van der Waals surface area contributed by atoms with Gasteiger partial charge in [0.15, 0.2) is 0 Å². The Hall–Kier alpha value is -1.01. The number of anilines is 1. The van der Waals surface area contributed by atoms with Crippen molar-refractivity contribution in [2.24, 2.45) is 0 Å². The van der Waals surface area contributed by atoms with Crippen molar-refractivity contribution in [3.05, 3.63) is 22.8 Å². The van der Waals surface area contributed by atoms with Crippen molar-refractivity contribution in [2.75, 3.05) is 25.5 Å². The molecule has 0 bridgehead atoms. The van der Waals surface area contributed by atoms with Crippen LogP contribution in [0.5, 0.6) is 0 Å². The second-order valence-electron chi connectivity index (χ2n) is 4.34. The van der Waals surface area contributed by atoms with Crippen LogP contribution in [0.4, 0.5) is 19.0 Å². The molecule has 3 nitrogen and oxygen atoms in total. The summed E-state index contributed by atoms with van der Waals surface area (Å²) in [6.45, 7) is 1.84. The first-order valence-electron chi connectivity index (χ1n) is 5.96. The molecule has 0 atom stereocenters. The average Bonchev–Trinajstić information content (AvgIpc) is 2.27. The van der Waals surface area contributed by atoms with Gasteiger partial charge in [-0.05, 0) is 25.6 Å². The van der Waals surface area contributed by atoms with Gasteiger partial charge in [0, 0.05) is 13.1 Å². The molecule has 1 aromatic rings. The van der Waals surface area contributed by atoms with E-state index in [1.807, 2.05) is 6.92 Å². The number of rotatable bonds is 6. The van der Waals surface area contributed by atoms with Crippen LogP contribution in [0.3, 0.4) is 0 Å². The fourth-order valence-electron chi connectivity index (χ4n) is 1.56. The van der Waals surface area contributed by atoms with Gasteiger partial charge >= 0.3 is 6.18 Å². The lowest BCUT2D eigenvalue weighted by molar-refractivity contribution is -0.144. The Morgan fingerprint density at radius 1 is 1.37 bits per heavy atom. The molecule has 0 aliphatic rings. The maximum Gasteiger partial charge on any atom is 0.401 e. The highest BCUT2D eigenvalue weighted by atomic mass is 35.5. The van der Waals surface area contributed by atoms with Gasteiger partial charge in [0.2, 0.25) is 0 Å². The van der Waals surface area contributed by atoms with Crippen molar-refractivity contribution < 1.29 is 13.2 Å². The summed E-state index contributed by atoms with van der Waals surface area (Å²) in [5, 5.41) is 3.44. The molecular weight excluding hydrogens is 279 g/mol. The number of nitrogens with one attached hydrogen (secondary N) is 1. The molecule has 0 aliphatic carbocycles. The zero-order chi connectivity index (χ0) is 14.5. The molecule has 7 heteroatoms. The predicted molar refractivity (Wildman–Crippen MR) is 70.4 cm³/mol. The van der Waals surface area contributed by atoms with E-state index in [0.29, 0.717) is 16.5 Å². The molecule has 0 saturated heterocycles. The van der Waals surface area contributed by atoms with Crippen LogP contribution in [0.1, 0.15) is 19.0 Å². The van der Waals surface area contributed by atoms with Crippen LogP contribution in [0.15, 0.2) is 12.1 Å². The van der Waals surface area contributed by atoms with E-state index >= 15 is 0 Å². The van der Waals surface area contributed by atoms with Gasteiger partial charge in [-0.1, -0.05) is 18.5 Å². The smallest absolute Gasteiger partial charge is 0.370 e. The molecule has 1 N–H and O–H groups in total.